The van der Waals surface area contributed by atoms with E-state index in [0.717, 1.165) is 75.3 Å². The number of hydrogen-bond donors (Lipinski definition) is 2. The van der Waals surface area contributed by atoms with Crippen LogP contribution in [0.25, 0.3) is 21.7 Å². The fourth-order valence-corrected chi connectivity index (χ4v) is 6.98. The molecular weight excluding hydrogens is 541 g/mol. The molecule has 0 bridgehead atoms. The number of hydrogen-bond acceptors (Lipinski definition) is 10. The summed E-state index contributed by atoms with van der Waals surface area (Å²) in [6, 6.07) is 14.3. The molecule has 0 spiro atoms. The van der Waals surface area contributed by atoms with E-state index in [1.807, 2.05) is 49.6 Å². The molecule has 1 atom stereocenters. The van der Waals surface area contributed by atoms with Gasteiger partial charge in [-0.05, 0) is 62.7 Å². The van der Waals surface area contributed by atoms with Gasteiger partial charge >= 0.3 is 0 Å². The second-order valence-electron chi connectivity index (χ2n) is 9.62. The molecule has 4 aromatic rings. The number of pyridine rings is 1. The second-order valence-corrected chi connectivity index (χ2v) is 11.7. The molecule has 1 fully saturated rings. The van der Waals surface area contributed by atoms with Crippen molar-refractivity contribution in [2.75, 3.05) is 37.9 Å². The number of rotatable bonds is 11. The standard InChI is InChI=1S/C30H32N6O2S2/c1-20-17-33-30(34-22-8-3-10-24(15-22)38-14-6-13-36-12-5-9-23(36)19-37)35-27(20)28-26(21-7-4-11-32-18-21)25(16-31)29(39-2)40-28/h3-4,7-8,10-11,15,17-18,23,37H,5-6,9,12-14,19H2,1-2H3,(H,33,34,35)/t23-/m0/s1. The van der Waals surface area contributed by atoms with Gasteiger partial charge in [-0.2, -0.15) is 5.26 Å². The number of nitrogens with zero attached hydrogens (tertiary/aromatic N) is 5. The van der Waals surface area contributed by atoms with Gasteiger partial charge in [0, 0.05) is 54.1 Å². The maximum atomic E-state index is 10.0. The predicted molar refractivity (Wildman–Crippen MR) is 161 cm³/mol. The number of ether oxygens (including phenoxy) is 1. The summed E-state index contributed by atoms with van der Waals surface area (Å²) >= 11 is 3.13. The highest BCUT2D eigenvalue weighted by molar-refractivity contribution is 8.00. The Hall–Kier alpha value is -3.49. The number of aryl methyl sites for hydroxylation is 1. The lowest BCUT2D eigenvalue weighted by Gasteiger charge is -2.22. The highest BCUT2D eigenvalue weighted by atomic mass is 32.2. The lowest BCUT2D eigenvalue weighted by atomic mass is 10.0. The summed E-state index contributed by atoms with van der Waals surface area (Å²) < 4.78 is 6.97. The van der Waals surface area contributed by atoms with E-state index in [9.17, 15) is 10.4 Å². The van der Waals surface area contributed by atoms with Crippen LogP contribution < -0.4 is 10.1 Å². The summed E-state index contributed by atoms with van der Waals surface area (Å²) in [6.07, 6.45) is 10.4. The topological polar surface area (TPSA) is 107 Å². The largest absolute Gasteiger partial charge is 0.493 e. The normalized spacial score (nSPS) is 15.2. The van der Waals surface area contributed by atoms with Crippen molar-refractivity contribution < 1.29 is 9.84 Å². The van der Waals surface area contributed by atoms with Crippen molar-refractivity contribution in [3.05, 3.63) is 66.1 Å². The molecular formula is C30H32N6O2S2. The Morgan fingerprint density at radius 3 is 2.95 bits per heavy atom. The first-order chi connectivity index (χ1) is 19.6. The van der Waals surface area contributed by atoms with E-state index in [0.29, 0.717) is 24.2 Å². The highest BCUT2D eigenvalue weighted by Gasteiger charge is 2.24. The number of aromatic nitrogens is 3. The molecule has 3 aromatic heterocycles. The number of likely N-dealkylation sites (tertiary alicyclic amines) is 1. The minimum Gasteiger partial charge on any atom is -0.493 e. The lowest BCUT2D eigenvalue weighted by Crippen LogP contribution is -2.33. The van der Waals surface area contributed by atoms with Crippen LogP contribution in [0.15, 0.2) is 59.2 Å². The summed E-state index contributed by atoms with van der Waals surface area (Å²) in [5.41, 5.74) is 4.93. The van der Waals surface area contributed by atoms with Crippen molar-refractivity contribution in [1.29, 1.82) is 5.26 Å². The summed E-state index contributed by atoms with van der Waals surface area (Å²) in [6.45, 7) is 4.80. The minimum atomic E-state index is 0.229. The molecule has 10 heteroatoms. The first-order valence-electron chi connectivity index (χ1n) is 13.3. The average Bonchev–Trinajstić information content (AvgIpc) is 3.61. The van der Waals surface area contributed by atoms with Crippen LogP contribution in [0.2, 0.25) is 0 Å². The lowest BCUT2D eigenvalue weighted by molar-refractivity contribution is 0.150. The number of nitrogens with one attached hydrogen (secondary N) is 1. The number of aliphatic hydroxyl groups excluding tert-OH is 1. The van der Waals surface area contributed by atoms with Gasteiger partial charge in [0.05, 0.1) is 33.6 Å². The molecule has 1 aliphatic heterocycles. The Morgan fingerprint density at radius 1 is 1.27 bits per heavy atom. The SMILES string of the molecule is CSc1sc(-c2nc(Nc3cccc(OCCCN4CCC[C@H]4CO)c3)ncc2C)c(-c2cccnc2)c1C#N. The van der Waals surface area contributed by atoms with E-state index in [2.05, 4.69) is 26.3 Å². The first-order valence-corrected chi connectivity index (χ1v) is 15.4. The van der Waals surface area contributed by atoms with Crippen LogP contribution in [0.3, 0.4) is 0 Å². The molecule has 0 radical (unpaired) electrons. The molecule has 206 valence electrons. The Balaban J connectivity index is 1.33. The van der Waals surface area contributed by atoms with Crippen molar-refractivity contribution >= 4 is 34.7 Å². The third kappa shape index (κ3) is 6.29. The van der Waals surface area contributed by atoms with Crippen LogP contribution in [-0.4, -0.2) is 63.6 Å². The fourth-order valence-electron chi connectivity index (χ4n) is 4.99. The quantitative estimate of drug-likeness (QED) is 0.162. The molecule has 1 aliphatic rings. The maximum absolute atomic E-state index is 10.0. The first kappa shape index (κ1) is 28.1. The van der Waals surface area contributed by atoms with Crippen molar-refractivity contribution in [1.82, 2.24) is 19.9 Å². The summed E-state index contributed by atoms with van der Waals surface area (Å²) in [5.74, 6) is 1.24. The molecule has 0 aliphatic carbocycles. The number of benzene rings is 1. The number of nitriles is 1. The van der Waals surface area contributed by atoms with Gasteiger partial charge < -0.3 is 15.2 Å². The zero-order valence-electron chi connectivity index (χ0n) is 22.6. The third-order valence-corrected chi connectivity index (χ3v) is 9.28. The molecule has 8 nitrogen and oxygen atoms in total. The third-order valence-electron chi connectivity index (χ3n) is 6.97. The van der Waals surface area contributed by atoms with Crippen molar-refractivity contribution in [2.24, 2.45) is 0 Å². The maximum Gasteiger partial charge on any atom is 0.227 e. The molecule has 5 rings (SSSR count). The molecule has 0 saturated carbocycles. The van der Waals surface area contributed by atoms with Gasteiger partial charge in [-0.25, -0.2) is 9.97 Å². The smallest absolute Gasteiger partial charge is 0.227 e. The van der Waals surface area contributed by atoms with Gasteiger partial charge in [0.1, 0.15) is 11.8 Å². The van der Waals surface area contributed by atoms with Crippen LogP contribution in [-0.2, 0) is 0 Å². The number of thiophene rings is 1. The summed E-state index contributed by atoms with van der Waals surface area (Å²) in [5, 5.41) is 22.8. The van der Waals surface area contributed by atoms with Crippen LogP contribution >= 0.6 is 23.1 Å². The number of aliphatic hydroxyl groups is 1. The van der Waals surface area contributed by atoms with Crippen LogP contribution in [0, 0.1) is 18.3 Å². The van der Waals surface area contributed by atoms with Gasteiger partial charge in [0.15, 0.2) is 0 Å². The average molecular weight is 573 g/mol. The van der Waals surface area contributed by atoms with Crippen LogP contribution in [0.1, 0.15) is 30.4 Å². The second kappa shape index (κ2) is 13.2. The van der Waals surface area contributed by atoms with Crippen molar-refractivity contribution in [2.45, 2.75) is 36.4 Å². The van der Waals surface area contributed by atoms with Crippen LogP contribution in [0.5, 0.6) is 5.75 Å². The monoisotopic (exact) mass is 572 g/mol. The molecule has 2 N–H and O–H groups in total. The van der Waals surface area contributed by atoms with Gasteiger partial charge in [0.25, 0.3) is 0 Å². The van der Waals surface area contributed by atoms with E-state index in [-0.39, 0.29) is 6.61 Å². The van der Waals surface area contributed by atoms with Gasteiger partial charge in [0.2, 0.25) is 5.95 Å². The Kier molecular flexibility index (Phi) is 9.29. The van der Waals surface area contributed by atoms with Gasteiger partial charge in [-0.1, -0.05) is 12.1 Å². The van der Waals surface area contributed by atoms with Gasteiger partial charge in [-0.3, -0.25) is 9.88 Å². The fraction of sp³-hybridized carbons (Fsp3) is 0.333. The zero-order chi connectivity index (χ0) is 27.9. The molecule has 0 unspecified atom stereocenters. The highest BCUT2D eigenvalue weighted by Crippen LogP contribution is 2.46. The van der Waals surface area contributed by atoms with E-state index >= 15 is 0 Å². The van der Waals surface area contributed by atoms with E-state index < -0.39 is 0 Å². The predicted octanol–water partition coefficient (Wildman–Crippen LogP) is 6.14. The zero-order valence-corrected chi connectivity index (χ0v) is 24.3. The Bertz CT molecular complexity index is 1490. The molecule has 4 heterocycles. The summed E-state index contributed by atoms with van der Waals surface area (Å²) in [4.78, 5) is 17.0. The molecule has 0 amide bonds. The van der Waals surface area contributed by atoms with E-state index in [1.54, 1.807) is 41.7 Å². The van der Waals surface area contributed by atoms with Crippen LogP contribution in [0.4, 0.5) is 11.6 Å². The number of thioether (sulfide) groups is 1. The van der Waals surface area contributed by atoms with Gasteiger partial charge in [-0.15, -0.1) is 23.1 Å². The number of anilines is 2. The molecule has 40 heavy (non-hydrogen) atoms. The molecule has 1 saturated heterocycles. The summed E-state index contributed by atoms with van der Waals surface area (Å²) in [7, 11) is 0. The van der Waals surface area contributed by atoms with Crippen molar-refractivity contribution in [3.8, 4) is 33.5 Å². The minimum absolute atomic E-state index is 0.229. The van der Waals surface area contributed by atoms with Crippen molar-refractivity contribution in [3.63, 3.8) is 0 Å². The Labute approximate surface area is 243 Å². The molecule has 1 aromatic carbocycles. The van der Waals surface area contributed by atoms with E-state index in [4.69, 9.17) is 9.72 Å². The van der Waals surface area contributed by atoms with E-state index in [1.165, 1.54) is 0 Å². The Morgan fingerprint density at radius 2 is 2.17 bits per heavy atom.